The number of nitrogens with zero attached hydrogens (tertiary/aromatic N) is 2. The number of hydrogen-bond donors (Lipinski definition) is 1. The highest BCUT2D eigenvalue weighted by Crippen LogP contribution is 2.21. The molecule has 1 heterocycles. The van der Waals surface area contributed by atoms with Gasteiger partial charge in [0, 0.05) is 25.7 Å². The molecule has 1 aliphatic rings. The number of carbonyl (C=O) groups excluding carboxylic acids is 2. The summed E-state index contributed by atoms with van der Waals surface area (Å²) in [6.45, 7) is 11.3. The van der Waals surface area contributed by atoms with Gasteiger partial charge in [-0.05, 0) is 45.1 Å². The third-order valence-electron chi connectivity index (χ3n) is 4.78. The van der Waals surface area contributed by atoms with Gasteiger partial charge in [0.1, 0.15) is 5.60 Å². The van der Waals surface area contributed by atoms with Crippen LogP contribution in [0.25, 0.3) is 0 Å². The van der Waals surface area contributed by atoms with E-state index in [2.05, 4.69) is 13.8 Å². The topological polar surface area (TPSA) is 75.9 Å². The monoisotopic (exact) mass is 389 g/mol. The Morgan fingerprint density at radius 1 is 1.18 bits per heavy atom. The highest BCUT2D eigenvalue weighted by Gasteiger charge is 2.36. The van der Waals surface area contributed by atoms with E-state index in [4.69, 9.17) is 10.5 Å². The van der Waals surface area contributed by atoms with Gasteiger partial charge in [0.15, 0.2) is 0 Å². The molecule has 1 aromatic carbocycles. The molecule has 0 saturated carbocycles. The standard InChI is InChI=1S/C22H35N3O3/c1-16(2)13-18-15-24(21(27)28-22(3,4)5)11-12-25(18)20(26)19(23)14-17-9-7-6-8-10-17/h6-10,16,18-19H,11-15,23H2,1-5H3/t18-,19+/m1/s1. The lowest BCUT2D eigenvalue weighted by molar-refractivity contribution is -0.138. The summed E-state index contributed by atoms with van der Waals surface area (Å²) in [5.41, 5.74) is 6.77. The van der Waals surface area contributed by atoms with Crippen LogP contribution in [0.1, 0.15) is 46.6 Å². The summed E-state index contributed by atoms with van der Waals surface area (Å²) < 4.78 is 5.51. The van der Waals surface area contributed by atoms with E-state index >= 15 is 0 Å². The number of piperazine rings is 1. The van der Waals surface area contributed by atoms with E-state index in [1.165, 1.54) is 0 Å². The van der Waals surface area contributed by atoms with Gasteiger partial charge in [-0.2, -0.15) is 0 Å². The predicted octanol–water partition coefficient (Wildman–Crippen LogP) is 3.05. The summed E-state index contributed by atoms with van der Waals surface area (Å²) in [6.07, 6.45) is 1.02. The molecule has 0 bridgehead atoms. The molecule has 28 heavy (non-hydrogen) atoms. The number of carbonyl (C=O) groups is 2. The van der Waals surface area contributed by atoms with Gasteiger partial charge >= 0.3 is 6.09 Å². The van der Waals surface area contributed by atoms with Crippen LogP contribution in [-0.4, -0.2) is 59.1 Å². The largest absolute Gasteiger partial charge is 0.444 e. The Kier molecular flexibility index (Phi) is 7.47. The highest BCUT2D eigenvalue weighted by atomic mass is 16.6. The van der Waals surface area contributed by atoms with Crippen LogP contribution in [0.4, 0.5) is 4.79 Å². The third-order valence-corrected chi connectivity index (χ3v) is 4.78. The summed E-state index contributed by atoms with van der Waals surface area (Å²) in [6, 6.07) is 9.20. The quantitative estimate of drug-likeness (QED) is 0.840. The first kappa shape index (κ1) is 22.2. The fraction of sp³-hybridized carbons (Fsp3) is 0.636. The fourth-order valence-electron chi connectivity index (χ4n) is 3.55. The van der Waals surface area contributed by atoms with E-state index < -0.39 is 11.6 Å². The summed E-state index contributed by atoms with van der Waals surface area (Å²) in [5.74, 6) is 0.363. The number of rotatable bonds is 5. The van der Waals surface area contributed by atoms with E-state index in [0.717, 1.165) is 12.0 Å². The van der Waals surface area contributed by atoms with Crippen LogP contribution in [0, 0.1) is 5.92 Å². The lowest BCUT2D eigenvalue weighted by atomic mass is 9.98. The van der Waals surface area contributed by atoms with E-state index in [1.807, 2.05) is 56.0 Å². The van der Waals surface area contributed by atoms with Crippen molar-refractivity contribution in [3.63, 3.8) is 0 Å². The fourth-order valence-corrected chi connectivity index (χ4v) is 3.55. The van der Waals surface area contributed by atoms with Crippen LogP contribution in [0.15, 0.2) is 30.3 Å². The molecule has 2 rings (SSSR count). The Morgan fingerprint density at radius 2 is 1.82 bits per heavy atom. The minimum Gasteiger partial charge on any atom is -0.444 e. The third kappa shape index (κ3) is 6.51. The second-order valence-corrected chi connectivity index (χ2v) is 9.04. The second kappa shape index (κ2) is 9.41. The van der Waals surface area contributed by atoms with Gasteiger partial charge in [-0.3, -0.25) is 4.79 Å². The van der Waals surface area contributed by atoms with Crippen LogP contribution < -0.4 is 5.73 Å². The molecule has 0 radical (unpaired) electrons. The first-order valence-electron chi connectivity index (χ1n) is 10.1. The second-order valence-electron chi connectivity index (χ2n) is 9.04. The van der Waals surface area contributed by atoms with Crippen LogP contribution in [0.5, 0.6) is 0 Å². The van der Waals surface area contributed by atoms with Gasteiger partial charge < -0.3 is 20.3 Å². The molecule has 1 aromatic rings. The molecule has 1 saturated heterocycles. The SMILES string of the molecule is CC(C)C[C@@H]1CN(C(=O)OC(C)(C)C)CCN1C(=O)[C@@H](N)Cc1ccccc1. The van der Waals surface area contributed by atoms with Crippen LogP contribution >= 0.6 is 0 Å². The minimum atomic E-state index is -0.579. The molecular weight excluding hydrogens is 354 g/mol. The molecule has 156 valence electrons. The summed E-state index contributed by atoms with van der Waals surface area (Å²) >= 11 is 0. The number of ether oxygens (including phenoxy) is 1. The maximum Gasteiger partial charge on any atom is 0.410 e. The van der Waals surface area contributed by atoms with Crippen molar-refractivity contribution < 1.29 is 14.3 Å². The van der Waals surface area contributed by atoms with Crippen LogP contribution in [0.2, 0.25) is 0 Å². The van der Waals surface area contributed by atoms with Gasteiger partial charge in [-0.25, -0.2) is 4.79 Å². The number of hydrogen-bond acceptors (Lipinski definition) is 4. The van der Waals surface area contributed by atoms with E-state index in [-0.39, 0.29) is 18.0 Å². The smallest absolute Gasteiger partial charge is 0.410 e. The van der Waals surface area contributed by atoms with Gasteiger partial charge in [-0.15, -0.1) is 0 Å². The van der Waals surface area contributed by atoms with E-state index in [9.17, 15) is 9.59 Å². The molecule has 0 aromatic heterocycles. The van der Waals surface area contributed by atoms with E-state index in [1.54, 1.807) is 4.90 Å². The Labute approximate surface area is 169 Å². The summed E-state index contributed by atoms with van der Waals surface area (Å²) in [5, 5.41) is 0. The Bertz CT molecular complexity index is 655. The highest BCUT2D eigenvalue weighted by molar-refractivity contribution is 5.82. The Morgan fingerprint density at radius 3 is 2.39 bits per heavy atom. The average molecular weight is 390 g/mol. The molecule has 0 unspecified atom stereocenters. The summed E-state index contributed by atoms with van der Waals surface area (Å²) in [7, 11) is 0. The van der Waals surface area contributed by atoms with Crippen LogP contribution in [-0.2, 0) is 16.0 Å². The zero-order chi connectivity index (χ0) is 20.9. The van der Waals surface area contributed by atoms with Gasteiger partial charge in [0.2, 0.25) is 5.91 Å². The van der Waals surface area contributed by atoms with Gasteiger partial charge in [0.25, 0.3) is 0 Å². The number of nitrogens with two attached hydrogens (primary N) is 1. The molecule has 2 amide bonds. The van der Waals surface area contributed by atoms with Crippen molar-refractivity contribution >= 4 is 12.0 Å². The molecule has 6 heteroatoms. The molecular formula is C22H35N3O3. The molecule has 6 nitrogen and oxygen atoms in total. The molecule has 1 aliphatic heterocycles. The minimum absolute atomic E-state index is 0.0432. The molecule has 2 atom stereocenters. The van der Waals surface area contributed by atoms with Crippen molar-refractivity contribution in [2.24, 2.45) is 11.7 Å². The molecule has 1 fully saturated rings. The first-order chi connectivity index (χ1) is 13.1. The van der Waals surface area contributed by atoms with Gasteiger partial charge in [0.05, 0.1) is 6.04 Å². The van der Waals surface area contributed by atoms with Gasteiger partial charge in [-0.1, -0.05) is 44.2 Å². The first-order valence-corrected chi connectivity index (χ1v) is 10.1. The van der Waals surface area contributed by atoms with Crippen molar-refractivity contribution in [2.75, 3.05) is 19.6 Å². The van der Waals surface area contributed by atoms with Crippen molar-refractivity contribution in [1.82, 2.24) is 9.80 Å². The summed E-state index contributed by atoms with van der Waals surface area (Å²) in [4.78, 5) is 29.1. The van der Waals surface area contributed by atoms with Crippen molar-refractivity contribution in [1.29, 1.82) is 0 Å². The van der Waals surface area contributed by atoms with Crippen molar-refractivity contribution in [2.45, 2.75) is 65.1 Å². The normalized spacial score (nSPS) is 18.9. The zero-order valence-corrected chi connectivity index (χ0v) is 17.9. The predicted molar refractivity (Wildman–Crippen MR) is 111 cm³/mol. The van der Waals surface area contributed by atoms with Crippen molar-refractivity contribution in [3.8, 4) is 0 Å². The lowest BCUT2D eigenvalue weighted by Crippen LogP contribution is -2.60. The lowest BCUT2D eigenvalue weighted by Gasteiger charge is -2.43. The maximum atomic E-state index is 13.1. The van der Waals surface area contributed by atoms with E-state index in [0.29, 0.717) is 32.0 Å². The molecule has 0 aliphatic carbocycles. The Hall–Kier alpha value is -2.08. The number of amides is 2. The zero-order valence-electron chi connectivity index (χ0n) is 17.9. The Balaban J connectivity index is 2.06. The van der Waals surface area contributed by atoms with Crippen molar-refractivity contribution in [3.05, 3.63) is 35.9 Å². The maximum absolute atomic E-state index is 13.1. The van der Waals surface area contributed by atoms with Crippen LogP contribution in [0.3, 0.4) is 0 Å². The number of benzene rings is 1. The molecule has 2 N–H and O–H groups in total. The molecule has 0 spiro atoms. The average Bonchev–Trinajstić information content (AvgIpc) is 2.60.